The summed E-state index contributed by atoms with van der Waals surface area (Å²) in [5.74, 6) is -0.0938. The van der Waals surface area contributed by atoms with Gasteiger partial charge in [-0.3, -0.25) is 4.98 Å². The molecule has 4 heteroatoms. The highest BCUT2D eigenvalue weighted by atomic mass is 16.3. The highest BCUT2D eigenvalue weighted by Crippen LogP contribution is 2.32. The van der Waals surface area contributed by atoms with E-state index in [2.05, 4.69) is 9.97 Å². The SMILES string of the molecule is Cc1[nH]c2ccccc2c1-c1cc(C#N)c(O)cn1. The Bertz CT molecular complexity index is 812. The Morgan fingerprint density at radius 1 is 1.32 bits per heavy atom. The van der Waals surface area contributed by atoms with Crippen LogP contribution >= 0.6 is 0 Å². The van der Waals surface area contributed by atoms with E-state index in [0.29, 0.717) is 5.69 Å². The van der Waals surface area contributed by atoms with Crippen molar-refractivity contribution in [3.8, 4) is 23.1 Å². The Morgan fingerprint density at radius 2 is 2.11 bits per heavy atom. The van der Waals surface area contributed by atoms with Crippen LogP contribution in [0.2, 0.25) is 0 Å². The van der Waals surface area contributed by atoms with Gasteiger partial charge in [-0.05, 0) is 19.1 Å². The summed E-state index contributed by atoms with van der Waals surface area (Å²) in [7, 11) is 0. The topological polar surface area (TPSA) is 72.7 Å². The van der Waals surface area contributed by atoms with Gasteiger partial charge in [0.1, 0.15) is 6.07 Å². The Labute approximate surface area is 110 Å². The summed E-state index contributed by atoms with van der Waals surface area (Å²) in [4.78, 5) is 7.51. The molecule has 3 rings (SSSR count). The number of H-pyrrole nitrogens is 1. The number of aromatic amines is 1. The van der Waals surface area contributed by atoms with Crippen LogP contribution in [0.25, 0.3) is 22.2 Å². The molecule has 0 bridgehead atoms. The summed E-state index contributed by atoms with van der Waals surface area (Å²) in [5, 5.41) is 19.6. The van der Waals surface area contributed by atoms with Gasteiger partial charge >= 0.3 is 0 Å². The van der Waals surface area contributed by atoms with Gasteiger partial charge in [0.25, 0.3) is 0 Å². The van der Waals surface area contributed by atoms with E-state index in [1.165, 1.54) is 6.20 Å². The molecule has 0 unspecified atom stereocenters. The van der Waals surface area contributed by atoms with Gasteiger partial charge in [-0.1, -0.05) is 18.2 Å². The minimum Gasteiger partial charge on any atom is -0.505 e. The van der Waals surface area contributed by atoms with Gasteiger partial charge in [-0.25, -0.2) is 0 Å². The molecule has 0 fully saturated rings. The van der Waals surface area contributed by atoms with Crippen LogP contribution in [0, 0.1) is 18.3 Å². The lowest BCUT2D eigenvalue weighted by Gasteiger charge is -2.03. The fourth-order valence-corrected chi connectivity index (χ4v) is 2.28. The van der Waals surface area contributed by atoms with Crippen molar-refractivity contribution in [2.24, 2.45) is 0 Å². The molecule has 0 saturated carbocycles. The zero-order valence-electron chi connectivity index (χ0n) is 10.3. The third kappa shape index (κ3) is 1.72. The van der Waals surface area contributed by atoms with Gasteiger partial charge in [-0.2, -0.15) is 5.26 Å². The van der Waals surface area contributed by atoms with E-state index in [4.69, 9.17) is 5.26 Å². The molecule has 0 atom stereocenters. The smallest absolute Gasteiger partial charge is 0.151 e. The van der Waals surface area contributed by atoms with Crippen LogP contribution in [0.1, 0.15) is 11.3 Å². The number of aryl methyl sites for hydroxylation is 1. The van der Waals surface area contributed by atoms with Crippen molar-refractivity contribution in [1.29, 1.82) is 5.26 Å². The zero-order chi connectivity index (χ0) is 13.4. The molecule has 0 saturated heterocycles. The number of pyridine rings is 1. The van der Waals surface area contributed by atoms with E-state index in [0.717, 1.165) is 22.2 Å². The largest absolute Gasteiger partial charge is 0.505 e. The molecule has 2 heterocycles. The molecule has 2 N–H and O–H groups in total. The van der Waals surface area contributed by atoms with Crippen molar-refractivity contribution >= 4 is 10.9 Å². The molecule has 19 heavy (non-hydrogen) atoms. The number of rotatable bonds is 1. The van der Waals surface area contributed by atoms with E-state index in [9.17, 15) is 5.11 Å². The molecule has 2 aromatic heterocycles. The molecule has 4 nitrogen and oxygen atoms in total. The van der Waals surface area contributed by atoms with Crippen LogP contribution in [-0.2, 0) is 0 Å². The molecule has 0 spiro atoms. The molecule has 0 amide bonds. The molecular formula is C15H11N3O. The number of fused-ring (bicyclic) bond motifs is 1. The summed E-state index contributed by atoms with van der Waals surface area (Å²) in [6.45, 7) is 1.97. The average molecular weight is 249 g/mol. The minimum atomic E-state index is -0.0938. The van der Waals surface area contributed by atoms with Gasteiger partial charge in [0.05, 0.1) is 17.5 Å². The normalized spacial score (nSPS) is 10.5. The fourth-order valence-electron chi connectivity index (χ4n) is 2.28. The second kappa shape index (κ2) is 4.14. The quantitative estimate of drug-likeness (QED) is 0.696. The zero-order valence-corrected chi connectivity index (χ0v) is 10.3. The fraction of sp³-hybridized carbons (Fsp3) is 0.0667. The first-order chi connectivity index (χ1) is 9.20. The van der Waals surface area contributed by atoms with E-state index in [1.807, 2.05) is 37.3 Å². The van der Waals surface area contributed by atoms with Gasteiger partial charge in [-0.15, -0.1) is 0 Å². The van der Waals surface area contributed by atoms with Crippen molar-refractivity contribution in [3.63, 3.8) is 0 Å². The number of para-hydroxylation sites is 1. The van der Waals surface area contributed by atoms with Crippen molar-refractivity contribution < 1.29 is 5.11 Å². The molecule has 0 radical (unpaired) electrons. The first kappa shape index (κ1) is 11.3. The summed E-state index contributed by atoms with van der Waals surface area (Å²) >= 11 is 0. The Balaban J connectivity index is 2.31. The maximum atomic E-state index is 9.52. The highest BCUT2D eigenvalue weighted by molar-refractivity contribution is 5.96. The number of hydrogen-bond acceptors (Lipinski definition) is 3. The predicted molar refractivity (Wildman–Crippen MR) is 72.6 cm³/mol. The number of benzene rings is 1. The number of nitrogens with one attached hydrogen (secondary N) is 1. The Hall–Kier alpha value is -2.80. The lowest BCUT2D eigenvalue weighted by molar-refractivity contribution is 0.471. The van der Waals surface area contributed by atoms with Gasteiger partial charge in [0, 0.05) is 22.2 Å². The van der Waals surface area contributed by atoms with E-state index < -0.39 is 0 Å². The Morgan fingerprint density at radius 3 is 2.89 bits per heavy atom. The van der Waals surface area contributed by atoms with Crippen molar-refractivity contribution in [2.75, 3.05) is 0 Å². The highest BCUT2D eigenvalue weighted by Gasteiger charge is 2.13. The summed E-state index contributed by atoms with van der Waals surface area (Å²) in [5.41, 5.74) is 3.90. The summed E-state index contributed by atoms with van der Waals surface area (Å²) < 4.78 is 0. The average Bonchev–Trinajstić information content (AvgIpc) is 2.75. The third-order valence-corrected chi connectivity index (χ3v) is 3.15. The van der Waals surface area contributed by atoms with Crippen LogP contribution in [0.15, 0.2) is 36.5 Å². The van der Waals surface area contributed by atoms with Crippen LogP contribution in [0.4, 0.5) is 0 Å². The van der Waals surface area contributed by atoms with Gasteiger partial charge < -0.3 is 10.1 Å². The van der Waals surface area contributed by atoms with Crippen molar-refractivity contribution in [1.82, 2.24) is 9.97 Å². The molecule has 0 aliphatic rings. The van der Waals surface area contributed by atoms with Crippen molar-refractivity contribution in [3.05, 3.63) is 47.8 Å². The molecule has 3 aromatic rings. The lowest BCUT2D eigenvalue weighted by Crippen LogP contribution is -1.87. The standard InChI is InChI=1S/C15H11N3O/c1-9-15(11-4-2-3-5-12(11)18-9)13-6-10(7-16)14(19)8-17-13/h2-6,8,18-19H,1H3. The summed E-state index contributed by atoms with van der Waals surface area (Å²) in [6.07, 6.45) is 1.31. The molecule has 92 valence electrons. The molecule has 0 aliphatic heterocycles. The second-order valence-corrected chi connectivity index (χ2v) is 4.37. The van der Waals surface area contributed by atoms with Crippen LogP contribution < -0.4 is 0 Å². The van der Waals surface area contributed by atoms with Crippen molar-refractivity contribution in [2.45, 2.75) is 6.92 Å². The van der Waals surface area contributed by atoms with Crippen LogP contribution in [0.3, 0.4) is 0 Å². The number of aromatic nitrogens is 2. The number of nitrogens with zero attached hydrogens (tertiary/aromatic N) is 2. The number of hydrogen-bond donors (Lipinski definition) is 2. The maximum absolute atomic E-state index is 9.52. The van der Waals surface area contributed by atoms with Crippen LogP contribution in [-0.4, -0.2) is 15.1 Å². The first-order valence-electron chi connectivity index (χ1n) is 5.87. The second-order valence-electron chi connectivity index (χ2n) is 4.37. The number of aromatic hydroxyl groups is 1. The van der Waals surface area contributed by atoms with E-state index in [1.54, 1.807) is 6.07 Å². The lowest BCUT2D eigenvalue weighted by atomic mass is 10.1. The molecule has 1 aromatic carbocycles. The number of nitriles is 1. The minimum absolute atomic E-state index is 0.0938. The summed E-state index contributed by atoms with van der Waals surface area (Å²) in [6, 6.07) is 11.5. The van der Waals surface area contributed by atoms with E-state index in [-0.39, 0.29) is 11.3 Å². The van der Waals surface area contributed by atoms with Gasteiger partial charge in [0.2, 0.25) is 0 Å². The molecule has 0 aliphatic carbocycles. The third-order valence-electron chi connectivity index (χ3n) is 3.15. The first-order valence-corrected chi connectivity index (χ1v) is 5.87. The maximum Gasteiger partial charge on any atom is 0.151 e. The van der Waals surface area contributed by atoms with Crippen LogP contribution in [0.5, 0.6) is 5.75 Å². The predicted octanol–water partition coefficient (Wildman–Crippen LogP) is 3.12. The molecular weight excluding hydrogens is 238 g/mol. The van der Waals surface area contributed by atoms with E-state index >= 15 is 0 Å². The monoisotopic (exact) mass is 249 g/mol. The van der Waals surface area contributed by atoms with Gasteiger partial charge in [0.15, 0.2) is 5.75 Å². The Kier molecular flexibility index (Phi) is 2.46.